The summed E-state index contributed by atoms with van der Waals surface area (Å²) in [5, 5.41) is 3.30. The Balaban J connectivity index is 2.18. The Kier molecular flexibility index (Phi) is 3.79. The Morgan fingerprint density at radius 1 is 1.17 bits per heavy atom. The quantitative estimate of drug-likeness (QED) is 0.853. The minimum Gasteiger partial charge on any atom is -0.322 e. The Hall–Kier alpha value is -1.65. The van der Waals surface area contributed by atoms with Gasteiger partial charge in [-0.15, -0.1) is 0 Å². The predicted octanol–water partition coefficient (Wildman–Crippen LogP) is 3.78. The summed E-state index contributed by atoms with van der Waals surface area (Å²) in [4.78, 5) is 15.2. The monoisotopic (exact) mass is 284 g/mol. The lowest BCUT2D eigenvalue weighted by molar-refractivity contribution is 0.102. The van der Waals surface area contributed by atoms with Gasteiger partial charge < -0.3 is 5.32 Å². The lowest BCUT2D eigenvalue weighted by atomic mass is 10.2. The van der Waals surface area contributed by atoms with E-state index < -0.39 is 11.9 Å². The maximum Gasteiger partial charge on any atom is 0.255 e. The van der Waals surface area contributed by atoms with Crippen molar-refractivity contribution in [1.29, 1.82) is 0 Å². The molecule has 0 fully saturated rings. The second-order valence-electron chi connectivity index (χ2n) is 3.45. The van der Waals surface area contributed by atoms with Crippen LogP contribution in [0.3, 0.4) is 0 Å². The van der Waals surface area contributed by atoms with Gasteiger partial charge in [0, 0.05) is 23.5 Å². The summed E-state index contributed by atoms with van der Waals surface area (Å²) in [5.74, 6) is -1.16. The zero-order valence-corrected chi connectivity index (χ0v) is 10.5. The van der Waals surface area contributed by atoms with Crippen LogP contribution in [-0.2, 0) is 0 Å². The van der Waals surface area contributed by atoms with E-state index in [1.54, 1.807) is 12.1 Å². The molecule has 0 radical (unpaired) electrons. The molecule has 0 saturated heterocycles. The van der Waals surface area contributed by atoms with Gasteiger partial charge in [0.15, 0.2) is 0 Å². The summed E-state index contributed by atoms with van der Waals surface area (Å²) in [6, 6.07) is 7.14. The highest BCUT2D eigenvalue weighted by Crippen LogP contribution is 2.25. The average molecular weight is 285 g/mol. The SMILES string of the molecule is O=C(Nc1ccc(Cl)c(Cl)c1)c1ccnc(F)c1. The zero-order valence-electron chi connectivity index (χ0n) is 8.95. The molecular weight excluding hydrogens is 278 g/mol. The molecule has 92 valence electrons. The smallest absolute Gasteiger partial charge is 0.255 e. The number of nitrogens with zero attached hydrogens (tertiary/aromatic N) is 1. The molecule has 0 aliphatic carbocycles. The molecule has 0 saturated carbocycles. The third-order valence-corrected chi connectivity index (χ3v) is 2.91. The Morgan fingerprint density at radius 2 is 1.94 bits per heavy atom. The van der Waals surface area contributed by atoms with E-state index in [0.29, 0.717) is 15.7 Å². The van der Waals surface area contributed by atoms with Gasteiger partial charge in [0.2, 0.25) is 5.95 Å². The van der Waals surface area contributed by atoms with Gasteiger partial charge in [-0.3, -0.25) is 4.79 Å². The lowest BCUT2D eigenvalue weighted by Gasteiger charge is -2.06. The first-order valence-electron chi connectivity index (χ1n) is 4.94. The number of hydrogen-bond donors (Lipinski definition) is 1. The number of rotatable bonds is 2. The highest BCUT2D eigenvalue weighted by atomic mass is 35.5. The highest BCUT2D eigenvalue weighted by Gasteiger charge is 2.08. The lowest BCUT2D eigenvalue weighted by Crippen LogP contribution is -2.12. The summed E-state index contributed by atoms with van der Waals surface area (Å²) in [7, 11) is 0. The standard InChI is InChI=1S/C12H7Cl2FN2O/c13-9-2-1-8(6-10(9)14)17-12(18)7-3-4-16-11(15)5-7/h1-6H,(H,17,18). The molecule has 0 unspecified atom stereocenters. The molecule has 1 N–H and O–H groups in total. The van der Waals surface area contributed by atoms with Crippen LogP contribution < -0.4 is 5.32 Å². The molecule has 1 aromatic carbocycles. The van der Waals surface area contributed by atoms with Crippen LogP contribution in [0.2, 0.25) is 10.0 Å². The van der Waals surface area contributed by atoms with Crippen molar-refractivity contribution < 1.29 is 9.18 Å². The Morgan fingerprint density at radius 3 is 2.61 bits per heavy atom. The fourth-order valence-corrected chi connectivity index (χ4v) is 1.62. The average Bonchev–Trinajstić information content (AvgIpc) is 2.34. The van der Waals surface area contributed by atoms with Gasteiger partial charge in [0.1, 0.15) is 0 Å². The van der Waals surface area contributed by atoms with Crippen molar-refractivity contribution in [2.45, 2.75) is 0 Å². The number of carbonyl (C=O) groups excluding carboxylic acids is 1. The molecule has 1 aromatic heterocycles. The molecule has 0 spiro atoms. The molecule has 3 nitrogen and oxygen atoms in total. The predicted molar refractivity (Wildman–Crippen MR) is 68.6 cm³/mol. The van der Waals surface area contributed by atoms with Crippen LogP contribution in [0.4, 0.5) is 10.1 Å². The first-order valence-corrected chi connectivity index (χ1v) is 5.70. The Labute approximate surface area is 113 Å². The van der Waals surface area contributed by atoms with Crippen LogP contribution in [0.15, 0.2) is 36.5 Å². The minimum absolute atomic E-state index is 0.175. The molecule has 6 heteroatoms. The van der Waals surface area contributed by atoms with Gasteiger partial charge in [-0.1, -0.05) is 23.2 Å². The van der Waals surface area contributed by atoms with Crippen molar-refractivity contribution in [2.24, 2.45) is 0 Å². The van der Waals surface area contributed by atoms with E-state index in [2.05, 4.69) is 10.3 Å². The number of benzene rings is 1. The molecule has 2 rings (SSSR count). The van der Waals surface area contributed by atoms with Crippen molar-refractivity contribution >= 4 is 34.8 Å². The van der Waals surface area contributed by atoms with Crippen LogP contribution in [0.1, 0.15) is 10.4 Å². The number of hydrogen-bond acceptors (Lipinski definition) is 2. The third-order valence-electron chi connectivity index (χ3n) is 2.17. The van der Waals surface area contributed by atoms with Gasteiger partial charge in [0.05, 0.1) is 10.0 Å². The van der Waals surface area contributed by atoms with Crippen LogP contribution in [0.5, 0.6) is 0 Å². The van der Waals surface area contributed by atoms with Crippen molar-refractivity contribution in [3.05, 3.63) is 58.1 Å². The molecule has 2 aromatic rings. The summed E-state index contributed by atoms with van der Waals surface area (Å²) >= 11 is 11.6. The molecular formula is C12H7Cl2FN2O. The molecule has 18 heavy (non-hydrogen) atoms. The number of aromatic nitrogens is 1. The number of halogens is 3. The maximum atomic E-state index is 12.9. The first kappa shape index (κ1) is 12.8. The summed E-state index contributed by atoms with van der Waals surface area (Å²) < 4.78 is 12.9. The fourth-order valence-electron chi connectivity index (χ4n) is 1.32. The van der Waals surface area contributed by atoms with Gasteiger partial charge in [0.25, 0.3) is 5.91 Å². The largest absolute Gasteiger partial charge is 0.322 e. The number of anilines is 1. The maximum absolute atomic E-state index is 12.9. The van der Waals surface area contributed by atoms with Crippen molar-refractivity contribution in [1.82, 2.24) is 4.98 Å². The molecule has 0 bridgehead atoms. The molecule has 1 amide bonds. The normalized spacial score (nSPS) is 10.2. The second-order valence-corrected chi connectivity index (χ2v) is 4.26. The van der Waals surface area contributed by atoms with Crippen LogP contribution in [0, 0.1) is 5.95 Å². The highest BCUT2D eigenvalue weighted by molar-refractivity contribution is 6.42. The van der Waals surface area contributed by atoms with Gasteiger partial charge in [-0.2, -0.15) is 4.39 Å². The van der Waals surface area contributed by atoms with Crippen molar-refractivity contribution in [2.75, 3.05) is 5.32 Å². The summed E-state index contributed by atoms with van der Waals surface area (Å²) in [6.07, 6.45) is 1.22. The number of nitrogens with one attached hydrogen (secondary N) is 1. The fraction of sp³-hybridized carbons (Fsp3) is 0. The van der Waals surface area contributed by atoms with E-state index in [9.17, 15) is 9.18 Å². The van der Waals surface area contributed by atoms with Gasteiger partial charge >= 0.3 is 0 Å². The van der Waals surface area contributed by atoms with Crippen LogP contribution in [0.25, 0.3) is 0 Å². The van der Waals surface area contributed by atoms with E-state index in [4.69, 9.17) is 23.2 Å². The van der Waals surface area contributed by atoms with Gasteiger partial charge in [-0.05, 0) is 24.3 Å². The van der Waals surface area contributed by atoms with Crippen molar-refractivity contribution in [3.8, 4) is 0 Å². The van der Waals surface area contributed by atoms with E-state index >= 15 is 0 Å². The topological polar surface area (TPSA) is 42.0 Å². The first-order chi connectivity index (χ1) is 8.56. The summed E-state index contributed by atoms with van der Waals surface area (Å²) in [5.41, 5.74) is 0.653. The molecule has 0 aliphatic heterocycles. The van der Waals surface area contributed by atoms with Crippen LogP contribution in [-0.4, -0.2) is 10.9 Å². The second kappa shape index (κ2) is 5.33. The number of pyridine rings is 1. The van der Waals surface area contributed by atoms with Crippen LogP contribution >= 0.6 is 23.2 Å². The molecule has 0 aliphatic rings. The Bertz CT molecular complexity index is 604. The van der Waals surface area contributed by atoms with E-state index in [0.717, 1.165) is 6.07 Å². The third kappa shape index (κ3) is 2.97. The molecule has 0 atom stereocenters. The van der Waals surface area contributed by atoms with E-state index in [1.807, 2.05) is 0 Å². The van der Waals surface area contributed by atoms with E-state index in [1.165, 1.54) is 18.3 Å². The van der Waals surface area contributed by atoms with Crippen molar-refractivity contribution in [3.63, 3.8) is 0 Å². The van der Waals surface area contributed by atoms with Gasteiger partial charge in [-0.25, -0.2) is 4.98 Å². The number of amides is 1. The molecule has 1 heterocycles. The zero-order chi connectivity index (χ0) is 13.1. The van der Waals surface area contributed by atoms with E-state index in [-0.39, 0.29) is 5.56 Å². The number of carbonyl (C=O) groups is 1. The minimum atomic E-state index is -0.711. The summed E-state index contributed by atoms with van der Waals surface area (Å²) in [6.45, 7) is 0.